The monoisotopic (exact) mass is 213 g/mol. The van der Waals surface area contributed by atoms with Gasteiger partial charge in [-0.05, 0) is 20.8 Å². The molecular formula is C9H15N3OS. The number of nitrogens with two attached hydrogens (primary N) is 1. The van der Waals surface area contributed by atoms with Crippen LogP contribution in [0.15, 0.2) is 4.99 Å². The molecule has 0 spiro atoms. The largest absolute Gasteiger partial charge is 0.480 e. The lowest BCUT2D eigenvalue weighted by atomic mass is 10.3. The average molecular weight is 213 g/mol. The van der Waals surface area contributed by atoms with E-state index in [-0.39, 0.29) is 6.04 Å². The fourth-order valence-corrected chi connectivity index (χ4v) is 1.74. The molecule has 0 atom stereocenters. The van der Waals surface area contributed by atoms with E-state index in [4.69, 9.17) is 10.5 Å². The number of hydrogen-bond donors (Lipinski definition) is 1. The predicted molar refractivity (Wildman–Crippen MR) is 59.9 cm³/mol. The highest BCUT2D eigenvalue weighted by atomic mass is 32.1. The second kappa shape index (κ2) is 4.41. The Morgan fingerprint density at radius 1 is 1.57 bits per heavy atom. The fourth-order valence-electron chi connectivity index (χ4n) is 1.06. The van der Waals surface area contributed by atoms with Crippen LogP contribution in [0.1, 0.15) is 24.4 Å². The molecule has 14 heavy (non-hydrogen) atoms. The van der Waals surface area contributed by atoms with Gasteiger partial charge in [-0.15, -0.1) is 11.3 Å². The molecule has 0 fully saturated rings. The molecule has 0 bridgehead atoms. The van der Waals surface area contributed by atoms with Gasteiger partial charge in [0.05, 0.1) is 7.11 Å². The van der Waals surface area contributed by atoms with Gasteiger partial charge in [-0.3, -0.25) is 0 Å². The zero-order valence-electron chi connectivity index (χ0n) is 8.87. The van der Waals surface area contributed by atoms with Crippen LogP contribution in [0.5, 0.6) is 0 Å². The van der Waals surface area contributed by atoms with Crippen LogP contribution in [-0.2, 0) is 4.74 Å². The summed E-state index contributed by atoms with van der Waals surface area (Å²) in [4.78, 5) is 9.53. The molecule has 0 amide bonds. The summed E-state index contributed by atoms with van der Waals surface area (Å²) < 4.78 is 5.18. The number of aromatic nitrogens is 1. The molecule has 1 heterocycles. The van der Waals surface area contributed by atoms with Crippen molar-refractivity contribution in [3.63, 3.8) is 0 Å². The zero-order valence-corrected chi connectivity index (χ0v) is 9.68. The van der Waals surface area contributed by atoms with Crippen LogP contribution in [0.25, 0.3) is 0 Å². The van der Waals surface area contributed by atoms with Crippen LogP contribution in [0.2, 0.25) is 0 Å². The van der Waals surface area contributed by atoms with Crippen molar-refractivity contribution in [1.82, 2.24) is 4.98 Å². The molecule has 78 valence electrons. The Bertz CT molecular complexity index is 344. The molecule has 0 aliphatic heterocycles. The molecule has 5 heteroatoms. The van der Waals surface area contributed by atoms with Gasteiger partial charge in [0.2, 0.25) is 5.90 Å². The first kappa shape index (κ1) is 11.0. The lowest BCUT2D eigenvalue weighted by Crippen LogP contribution is -2.09. The molecule has 1 rings (SSSR count). The third-order valence-corrected chi connectivity index (χ3v) is 2.38. The molecule has 0 saturated heterocycles. The normalized spacial score (nSPS) is 12.2. The summed E-state index contributed by atoms with van der Waals surface area (Å²) >= 11 is 1.45. The van der Waals surface area contributed by atoms with Gasteiger partial charge < -0.3 is 10.5 Å². The summed E-state index contributed by atoms with van der Waals surface area (Å²) in [6.07, 6.45) is 0. The van der Waals surface area contributed by atoms with E-state index < -0.39 is 0 Å². The van der Waals surface area contributed by atoms with Crippen LogP contribution >= 0.6 is 11.3 Å². The Hall–Kier alpha value is -1.10. The second-order valence-corrected chi connectivity index (χ2v) is 4.42. The molecule has 0 radical (unpaired) electrons. The standard InChI is InChI=1S/C9H15N3OS/c1-5(2)11-8(13-4)7-6(3)14-9(10)12-7/h5H,1-4H3,(H2,10,12)/b11-8+. The van der Waals surface area contributed by atoms with E-state index in [2.05, 4.69) is 9.98 Å². The molecule has 0 aromatic carbocycles. The van der Waals surface area contributed by atoms with Crippen molar-refractivity contribution in [3.8, 4) is 0 Å². The highest BCUT2D eigenvalue weighted by Crippen LogP contribution is 2.20. The van der Waals surface area contributed by atoms with Crippen LogP contribution in [0.4, 0.5) is 5.13 Å². The van der Waals surface area contributed by atoms with E-state index in [1.165, 1.54) is 11.3 Å². The topological polar surface area (TPSA) is 60.5 Å². The maximum Gasteiger partial charge on any atom is 0.236 e. The van der Waals surface area contributed by atoms with Gasteiger partial charge in [-0.1, -0.05) is 0 Å². The number of hydrogen-bond acceptors (Lipinski definition) is 5. The summed E-state index contributed by atoms with van der Waals surface area (Å²) in [6, 6.07) is 0.187. The lowest BCUT2D eigenvalue weighted by molar-refractivity contribution is 0.399. The van der Waals surface area contributed by atoms with Crippen LogP contribution in [0, 0.1) is 6.92 Å². The number of rotatable bonds is 2. The number of anilines is 1. The molecule has 0 unspecified atom stereocenters. The number of aryl methyl sites for hydroxylation is 1. The maximum absolute atomic E-state index is 5.60. The molecule has 0 aliphatic carbocycles. The lowest BCUT2D eigenvalue weighted by Gasteiger charge is -2.04. The minimum absolute atomic E-state index is 0.187. The summed E-state index contributed by atoms with van der Waals surface area (Å²) in [5.41, 5.74) is 6.35. The minimum Gasteiger partial charge on any atom is -0.480 e. The number of thiazole rings is 1. The number of methoxy groups -OCH3 is 1. The Labute approximate surface area is 87.8 Å². The first-order chi connectivity index (χ1) is 6.54. The van der Waals surface area contributed by atoms with Crippen LogP contribution < -0.4 is 5.73 Å². The highest BCUT2D eigenvalue weighted by Gasteiger charge is 2.13. The molecule has 4 nitrogen and oxygen atoms in total. The summed E-state index contributed by atoms with van der Waals surface area (Å²) in [5.74, 6) is 0.561. The average Bonchev–Trinajstić information content (AvgIpc) is 2.41. The van der Waals surface area contributed by atoms with Crippen molar-refractivity contribution in [3.05, 3.63) is 10.6 Å². The Kier molecular flexibility index (Phi) is 3.46. The maximum atomic E-state index is 5.60. The van der Waals surface area contributed by atoms with Gasteiger partial charge >= 0.3 is 0 Å². The van der Waals surface area contributed by atoms with E-state index in [1.54, 1.807) is 7.11 Å². The molecule has 0 aliphatic rings. The zero-order chi connectivity index (χ0) is 10.7. The quantitative estimate of drug-likeness (QED) is 0.602. The number of nitrogens with zero attached hydrogens (tertiary/aromatic N) is 2. The summed E-state index contributed by atoms with van der Waals surface area (Å²) in [5, 5.41) is 0.547. The highest BCUT2D eigenvalue weighted by molar-refractivity contribution is 7.15. The predicted octanol–water partition coefficient (Wildman–Crippen LogP) is 1.84. The van der Waals surface area contributed by atoms with Crippen molar-refractivity contribution in [2.75, 3.05) is 12.8 Å². The smallest absolute Gasteiger partial charge is 0.236 e. The summed E-state index contributed by atoms with van der Waals surface area (Å²) in [7, 11) is 1.59. The molecule has 1 aromatic heterocycles. The number of nitrogen functional groups attached to an aromatic ring is 1. The molecule has 1 aromatic rings. The number of ether oxygens (including phenoxy) is 1. The minimum atomic E-state index is 0.187. The van der Waals surface area contributed by atoms with E-state index >= 15 is 0 Å². The van der Waals surface area contributed by atoms with Gasteiger partial charge in [0.1, 0.15) is 5.69 Å². The first-order valence-corrected chi connectivity index (χ1v) is 5.21. The first-order valence-electron chi connectivity index (χ1n) is 4.39. The van der Waals surface area contributed by atoms with E-state index in [1.807, 2.05) is 20.8 Å². The van der Waals surface area contributed by atoms with E-state index in [0.29, 0.717) is 11.0 Å². The van der Waals surface area contributed by atoms with Crippen LogP contribution in [-0.4, -0.2) is 24.0 Å². The van der Waals surface area contributed by atoms with Gasteiger partial charge in [-0.2, -0.15) is 0 Å². The van der Waals surface area contributed by atoms with Crippen molar-refractivity contribution < 1.29 is 4.74 Å². The molecular weight excluding hydrogens is 198 g/mol. The van der Waals surface area contributed by atoms with Crippen molar-refractivity contribution in [2.24, 2.45) is 4.99 Å². The Morgan fingerprint density at radius 2 is 2.21 bits per heavy atom. The van der Waals surface area contributed by atoms with E-state index in [9.17, 15) is 0 Å². The van der Waals surface area contributed by atoms with Gasteiger partial charge in [0.25, 0.3) is 0 Å². The third kappa shape index (κ3) is 2.45. The van der Waals surface area contributed by atoms with Crippen LogP contribution in [0.3, 0.4) is 0 Å². The summed E-state index contributed by atoms with van der Waals surface area (Å²) in [6.45, 7) is 5.94. The van der Waals surface area contributed by atoms with E-state index in [0.717, 1.165) is 10.6 Å². The molecule has 2 N–H and O–H groups in total. The third-order valence-electron chi connectivity index (χ3n) is 1.58. The van der Waals surface area contributed by atoms with Gasteiger partial charge in [0.15, 0.2) is 5.13 Å². The Morgan fingerprint density at radius 3 is 2.57 bits per heavy atom. The van der Waals surface area contributed by atoms with Crippen molar-refractivity contribution >= 4 is 22.4 Å². The number of aliphatic imine (C=N–C) groups is 1. The second-order valence-electron chi connectivity index (χ2n) is 3.19. The van der Waals surface area contributed by atoms with Gasteiger partial charge in [-0.25, -0.2) is 9.98 Å². The fraction of sp³-hybridized carbons (Fsp3) is 0.556. The SMILES string of the molecule is CO/C(=N/C(C)C)c1nc(N)sc1C. The van der Waals surface area contributed by atoms with Crippen molar-refractivity contribution in [2.45, 2.75) is 26.8 Å². The molecule has 0 saturated carbocycles. The van der Waals surface area contributed by atoms with Crippen molar-refractivity contribution in [1.29, 1.82) is 0 Å². The van der Waals surface area contributed by atoms with Gasteiger partial charge in [0, 0.05) is 10.9 Å². The Balaban J connectivity index is 3.06.